The monoisotopic (exact) mass is 596 g/mol. The number of amides is 3. The Bertz CT molecular complexity index is 1170. The smallest absolute Gasteiger partial charge is 0.251 e. The minimum Gasteiger partial charge on any atom is -0.394 e. The molecule has 3 amide bonds. The first-order chi connectivity index (χ1) is 20.1. The molecule has 2 bridgehead atoms. The number of aliphatic hydroxyl groups is 1. The van der Waals surface area contributed by atoms with Crippen LogP contribution in [0.25, 0.3) is 0 Å². The summed E-state index contributed by atoms with van der Waals surface area (Å²) in [5.74, 6) is -1.56. The second-order valence-electron chi connectivity index (χ2n) is 11.9. The molecule has 1 aromatic rings. The number of hydrogen-bond acceptors (Lipinski definition) is 6. The van der Waals surface area contributed by atoms with Gasteiger partial charge in [-0.15, -0.1) is 24.9 Å². The third kappa shape index (κ3) is 5.27. The minimum absolute atomic E-state index is 0.0199. The molecule has 3 fully saturated rings. The molecule has 3 aliphatic heterocycles. The number of carbonyl (C=O) groups excluding carboxylic acids is 3. The zero-order valence-corrected chi connectivity index (χ0v) is 26.7. The standard InChI is InChI=1S/C33H48N4O4S/c1-8-19-34(7)30(39)27-26-17-18-33(42-26)28(27)31(40)37(25(21-38)22(6)10-3)29(33)32(41)36(20-9-2)24-15-13-23(14-16-24)35(11-4)12-5/h8-9,13-16,22,25-29,38H,1-2,10-12,17-21H2,3-7H3/t22-,25-,26-,27+,28-,29?,33?/m0/s1. The zero-order valence-electron chi connectivity index (χ0n) is 25.9. The first-order valence-electron chi connectivity index (χ1n) is 15.4. The van der Waals surface area contributed by atoms with Gasteiger partial charge in [0.15, 0.2) is 0 Å². The van der Waals surface area contributed by atoms with E-state index in [2.05, 4.69) is 31.9 Å². The van der Waals surface area contributed by atoms with E-state index < -0.39 is 28.7 Å². The summed E-state index contributed by atoms with van der Waals surface area (Å²) in [6.45, 7) is 18.2. The maximum atomic E-state index is 14.9. The van der Waals surface area contributed by atoms with Gasteiger partial charge in [-0.25, -0.2) is 0 Å². The third-order valence-corrected chi connectivity index (χ3v) is 11.7. The summed E-state index contributed by atoms with van der Waals surface area (Å²) in [6.07, 6.45) is 5.60. The van der Waals surface area contributed by atoms with Crippen LogP contribution in [0.3, 0.4) is 0 Å². The van der Waals surface area contributed by atoms with Gasteiger partial charge in [0.1, 0.15) is 6.04 Å². The molecule has 3 aliphatic rings. The molecular weight excluding hydrogens is 548 g/mol. The lowest BCUT2D eigenvalue weighted by Crippen LogP contribution is -2.58. The Labute approximate surface area is 255 Å². The number of rotatable bonds is 14. The Balaban J connectivity index is 1.80. The van der Waals surface area contributed by atoms with Gasteiger partial charge >= 0.3 is 0 Å². The van der Waals surface area contributed by atoms with Crippen LogP contribution in [0.4, 0.5) is 11.4 Å². The van der Waals surface area contributed by atoms with E-state index in [-0.39, 0.29) is 42.0 Å². The molecular formula is C33H48N4O4S. The molecule has 4 rings (SSSR count). The van der Waals surface area contributed by atoms with Gasteiger partial charge < -0.3 is 24.7 Å². The summed E-state index contributed by atoms with van der Waals surface area (Å²) in [5.41, 5.74) is 1.82. The highest BCUT2D eigenvalue weighted by molar-refractivity contribution is 8.02. The van der Waals surface area contributed by atoms with Crippen molar-refractivity contribution in [3.8, 4) is 0 Å². The minimum atomic E-state index is -0.791. The number of anilines is 2. The first-order valence-corrected chi connectivity index (χ1v) is 16.3. The maximum absolute atomic E-state index is 14.9. The number of likely N-dealkylation sites (N-methyl/N-ethyl adjacent to an activating group) is 1. The van der Waals surface area contributed by atoms with Gasteiger partial charge in [0.25, 0.3) is 5.91 Å². The fourth-order valence-corrected chi connectivity index (χ4v) is 9.59. The van der Waals surface area contributed by atoms with E-state index in [0.717, 1.165) is 37.3 Å². The number of fused-ring (bicyclic) bond motifs is 1. The van der Waals surface area contributed by atoms with Gasteiger partial charge in [-0.3, -0.25) is 14.4 Å². The zero-order chi connectivity index (χ0) is 30.8. The molecule has 0 radical (unpaired) electrons. The molecule has 2 unspecified atom stereocenters. The number of thioether (sulfide) groups is 1. The molecule has 8 nitrogen and oxygen atoms in total. The van der Waals surface area contributed by atoms with Crippen molar-refractivity contribution in [3.63, 3.8) is 0 Å². The fraction of sp³-hybridized carbons (Fsp3) is 0.606. The molecule has 1 N–H and O–H groups in total. The first kappa shape index (κ1) is 32.1. The average Bonchev–Trinajstić information content (AvgIpc) is 3.64. The molecule has 1 aromatic carbocycles. The molecule has 7 atom stereocenters. The van der Waals surface area contributed by atoms with Crippen molar-refractivity contribution in [3.05, 3.63) is 49.6 Å². The van der Waals surface area contributed by atoms with Crippen LogP contribution in [-0.4, -0.2) is 94.5 Å². The molecule has 230 valence electrons. The van der Waals surface area contributed by atoms with E-state index in [9.17, 15) is 19.5 Å². The highest BCUT2D eigenvalue weighted by Crippen LogP contribution is 2.67. The normalized spacial score (nSPS) is 27.4. The Hall–Kier alpha value is -2.78. The summed E-state index contributed by atoms with van der Waals surface area (Å²) in [4.78, 5) is 50.4. The van der Waals surface area contributed by atoms with Crippen LogP contribution >= 0.6 is 11.8 Å². The molecule has 3 saturated heterocycles. The van der Waals surface area contributed by atoms with E-state index in [4.69, 9.17) is 0 Å². The van der Waals surface area contributed by atoms with Crippen molar-refractivity contribution in [2.45, 2.75) is 69.0 Å². The topological polar surface area (TPSA) is 84.4 Å². The SMILES string of the molecule is C=CCN(C)C(=O)[C@@H]1[C@@H]2CCC3(S2)C(C(=O)N(CC=C)c2ccc(N(CC)CC)cc2)N([C@@H](CO)[C@@H](C)CC)C(=O)[C@H]13. The maximum Gasteiger partial charge on any atom is 0.251 e. The van der Waals surface area contributed by atoms with Crippen LogP contribution < -0.4 is 9.80 Å². The van der Waals surface area contributed by atoms with Crippen LogP contribution in [0.15, 0.2) is 49.6 Å². The highest BCUT2D eigenvalue weighted by Gasteiger charge is 2.74. The molecule has 1 spiro atoms. The number of hydrogen-bond donors (Lipinski definition) is 1. The summed E-state index contributed by atoms with van der Waals surface area (Å²) < 4.78 is -0.727. The third-order valence-electron chi connectivity index (χ3n) is 9.75. The predicted molar refractivity (Wildman–Crippen MR) is 172 cm³/mol. The van der Waals surface area contributed by atoms with Crippen LogP contribution in [0.2, 0.25) is 0 Å². The Morgan fingerprint density at radius 2 is 1.71 bits per heavy atom. The van der Waals surface area contributed by atoms with Crippen molar-refractivity contribution in [2.75, 3.05) is 49.6 Å². The lowest BCUT2D eigenvalue weighted by Gasteiger charge is -2.41. The largest absolute Gasteiger partial charge is 0.394 e. The quantitative estimate of drug-likeness (QED) is 0.324. The van der Waals surface area contributed by atoms with E-state index in [0.29, 0.717) is 13.0 Å². The van der Waals surface area contributed by atoms with Crippen molar-refractivity contribution in [1.82, 2.24) is 9.80 Å². The summed E-state index contributed by atoms with van der Waals surface area (Å²) in [6, 6.07) is 6.66. The van der Waals surface area contributed by atoms with E-state index >= 15 is 0 Å². The number of aliphatic hydroxyl groups excluding tert-OH is 1. The van der Waals surface area contributed by atoms with Crippen molar-refractivity contribution in [2.24, 2.45) is 17.8 Å². The van der Waals surface area contributed by atoms with Gasteiger partial charge in [-0.1, -0.05) is 32.4 Å². The fourth-order valence-electron chi connectivity index (χ4n) is 7.39. The van der Waals surface area contributed by atoms with Gasteiger partial charge in [-0.2, -0.15) is 0 Å². The lowest BCUT2D eigenvalue weighted by atomic mass is 9.70. The van der Waals surface area contributed by atoms with Crippen LogP contribution in [0.1, 0.15) is 47.0 Å². The number of benzene rings is 1. The number of nitrogens with zero attached hydrogens (tertiary/aromatic N) is 4. The predicted octanol–water partition coefficient (Wildman–Crippen LogP) is 4.19. The summed E-state index contributed by atoms with van der Waals surface area (Å²) >= 11 is 1.66. The molecule has 9 heteroatoms. The number of likely N-dealkylation sites (tertiary alicyclic amines) is 1. The van der Waals surface area contributed by atoms with Gasteiger partial charge in [-0.05, 0) is 56.9 Å². The second-order valence-corrected chi connectivity index (χ2v) is 13.5. The molecule has 0 aromatic heterocycles. The molecule has 0 saturated carbocycles. The van der Waals surface area contributed by atoms with E-state index in [1.807, 2.05) is 38.1 Å². The van der Waals surface area contributed by atoms with Crippen LogP contribution in [0.5, 0.6) is 0 Å². The molecule has 3 heterocycles. The van der Waals surface area contributed by atoms with Crippen LogP contribution in [0, 0.1) is 17.8 Å². The second kappa shape index (κ2) is 13.2. The van der Waals surface area contributed by atoms with Gasteiger partial charge in [0.05, 0.1) is 29.2 Å². The van der Waals surface area contributed by atoms with Crippen molar-refractivity contribution >= 4 is 40.9 Å². The van der Waals surface area contributed by atoms with E-state index in [1.165, 1.54) is 0 Å². The summed E-state index contributed by atoms with van der Waals surface area (Å²) in [5, 5.41) is 10.6. The number of carbonyl (C=O) groups is 3. The Morgan fingerprint density at radius 1 is 1.10 bits per heavy atom. The Morgan fingerprint density at radius 3 is 2.26 bits per heavy atom. The van der Waals surface area contributed by atoms with Crippen molar-refractivity contribution < 1.29 is 19.5 Å². The lowest BCUT2D eigenvalue weighted by molar-refractivity contribution is -0.145. The molecule has 42 heavy (non-hydrogen) atoms. The van der Waals surface area contributed by atoms with Crippen LogP contribution in [-0.2, 0) is 14.4 Å². The summed E-state index contributed by atoms with van der Waals surface area (Å²) in [7, 11) is 1.75. The van der Waals surface area contributed by atoms with Gasteiger partial charge in [0.2, 0.25) is 11.8 Å². The highest BCUT2D eigenvalue weighted by atomic mass is 32.2. The molecule has 0 aliphatic carbocycles. The van der Waals surface area contributed by atoms with Gasteiger partial charge in [0, 0.05) is 49.9 Å². The average molecular weight is 597 g/mol. The van der Waals surface area contributed by atoms with Crippen molar-refractivity contribution in [1.29, 1.82) is 0 Å². The Kier molecular flexibility index (Phi) is 10.1. The van der Waals surface area contributed by atoms with E-state index in [1.54, 1.807) is 45.7 Å².